The lowest BCUT2D eigenvalue weighted by Crippen LogP contribution is -2.29. The standard InChI is InChI=1S/C17H17FN4O3/c1-11-3-2-6-19-15(11)10-20-16(23)21-14-9-12(4-5-13(14)18)22-7-8-25-17(22)24/h2-6,9H,7-8,10H2,1H3,(H2,20,21,23). The largest absolute Gasteiger partial charge is 0.447 e. The van der Waals surface area contributed by atoms with Crippen molar-refractivity contribution in [2.45, 2.75) is 13.5 Å². The molecule has 3 rings (SSSR count). The fraction of sp³-hybridized carbons (Fsp3) is 0.235. The van der Waals surface area contributed by atoms with Crippen LogP contribution in [-0.4, -0.2) is 30.3 Å². The lowest BCUT2D eigenvalue weighted by Gasteiger charge is -2.15. The molecule has 130 valence electrons. The maximum atomic E-state index is 14.0. The lowest BCUT2D eigenvalue weighted by atomic mass is 10.2. The minimum atomic E-state index is -0.597. The zero-order valence-corrected chi connectivity index (χ0v) is 13.6. The smallest absolute Gasteiger partial charge is 0.414 e. The summed E-state index contributed by atoms with van der Waals surface area (Å²) in [4.78, 5) is 29.2. The minimum absolute atomic E-state index is 0.0209. The summed E-state index contributed by atoms with van der Waals surface area (Å²) in [7, 11) is 0. The molecule has 0 unspecified atom stereocenters. The summed E-state index contributed by atoms with van der Waals surface area (Å²) in [6.45, 7) is 2.77. The fourth-order valence-corrected chi connectivity index (χ4v) is 2.44. The number of rotatable bonds is 4. The predicted octanol–water partition coefficient (Wildman–Crippen LogP) is 2.81. The van der Waals surface area contributed by atoms with Crippen molar-refractivity contribution >= 4 is 23.5 Å². The summed E-state index contributed by atoms with van der Waals surface area (Å²) >= 11 is 0. The van der Waals surface area contributed by atoms with E-state index in [0.29, 0.717) is 12.2 Å². The van der Waals surface area contributed by atoms with Gasteiger partial charge in [-0.05, 0) is 36.8 Å². The van der Waals surface area contributed by atoms with Gasteiger partial charge in [0.15, 0.2) is 0 Å². The number of ether oxygens (including phenoxy) is 1. The topological polar surface area (TPSA) is 83.6 Å². The van der Waals surface area contributed by atoms with Crippen molar-refractivity contribution in [3.63, 3.8) is 0 Å². The zero-order chi connectivity index (χ0) is 17.8. The third kappa shape index (κ3) is 3.85. The van der Waals surface area contributed by atoms with E-state index in [1.54, 1.807) is 6.20 Å². The number of urea groups is 1. The number of pyridine rings is 1. The van der Waals surface area contributed by atoms with Crippen LogP contribution in [0.2, 0.25) is 0 Å². The molecule has 7 nitrogen and oxygen atoms in total. The van der Waals surface area contributed by atoms with Gasteiger partial charge in [0.25, 0.3) is 0 Å². The van der Waals surface area contributed by atoms with Gasteiger partial charge in [0, 0.05) is 11.9 Å². The predicted molar refractivity (Wildman–Crippen MR) is 89.9 cm³/mol. The molecule has 1 fully saturated rings. The van der Waals surface area contributed by atoms with Gasteiger partial charge < -0.3 is 15.4 Å². The number of benzene rings is 1. The molecule has 1 saturated heterocycles. The number of cyclic esters (lactones) is 1. The second-order valence-corrected chi connectivity index (χ2v) is 5.50. The highest BCUT2D eigenvalue weighted by Crippen LogP contribution is 2.25. The normalized spacial score (nSPS) is 13.5. The summed E-state index contributed by atoms with van der Waals surface area (Å²) in [6, 6.07) is 7.18. The highest BCUT2D eigenvalue weighted by atomic mass is 19.1. The molecule has 3 amide bonds. The van der Waals surface area contributed by atoms with Gasteiger partial charge in [-0.3, -0.25) is 9.88 Å². The van der Waals surface area contributed by atoms with E-state index >= 15 is 0 Å². The van der Waals surface area contributed by atoms with Crippen molar-refractivity contribution in [1.82, 2.24) is 10.3 Å². The Balaban J connectivity index is 1.66. The summed E-state index contributed by atoms with van der Waals surface area (Å²) < 4.78 is 18.8. The van der Waals surface area contributed by atoms with Crippen LogP contribution in [0, 0.1) is 12.7 Å². The van der Waals surface area contributed by atoms with Gasteiger partial charge in [-0.25, -0.2) is 14.0 Å². The number of carbonyl (C=O) groups is 2. The second-order valence-electron chi connectivity index (χ2n) is 5.50. The number of aromatic nitrogens is 1. The minimum Gasteiger partial charge on any atom is -0.447 e. The third-order valence-corrected chi connectivity index (χ3v) is 3.80. The van der Waals surface area contributed by atoms with Gasteiger partial charge in [-0.15, -0.1) is 0 Å². The molecule has 1 aliphatic heterocycles. The number of aryl methyl sites for hydroxylation is 1. The van der Waals surface area contributed by atoms with E-state index in [2.05, 4.69) is 15.6 Å². The Kier molecular flexibility index (Phi) is 4.78. The van der Waals surface area contributed by atoms with E-state index in [0.717, 1.165) is 11.3 Å². The van der Waals surface area contributed by atoms with Crippen molar-refractivity contribution in [3.05, 3.63) is 53.6 Å². The van der Waals surface area contributed by atoms with E-state index in [9.17, 15) is 14.0 Å². The Labute approximate surface area is 143 Å². The monoisotopic (exact) mass is 344 g/mol. The average Bonchev–Trinajstić information content (AvgIpc) is 3.02. The Morgan fingerprint density at radius 3 is 2.96 bits per heavy atom. The highest BCUT2D eigenvalue weighted by Gasteiger charge is 2.24. The maximum Gasteiger partial charge on any atom is 0.414 e. The molecule has 25 heavy (non-hydrogen) atoms. The molecule has 2 heterocycles. The molecule has 0 saturated carbocycles. The van der Waals surface area contributed by atoms with Gasteiger partial charge in [0.2, 0.25) is 0 Å². The fourth-order valence-electron chi connectivity index (χ4n) is 2.44. The molecule has 2 N–H and O–H groups in total. The number of nitrogens with zero attached hydrogens (tertiary/aromatic N) is 2. The first-order valence-corrected chi connectivity index (χ1v) is 7.74. The van der Waals surface area contributed by atoms with E-state index in [4.69, 9.17) is 4.74 Å². The zero-order valence-electron chi connectivity index (χ0n) is 13.6. The van der Waals surface area contributed by atoms with Crippen LogP contribution in [0.1, 0.15) is 11.3 Å². The molecule has 1 aromatic carbocycles. The molecule has 0 radical (unpaired) electrons. The van der Waals surface area contributed by atoms with Gasteiger partial charge in [-0.2, -0.15) is 0 Å². The number of nitrogens with one attached hydrogen (secondary N) is 2. The molecule has 0 atom stereocenters. The summed E-state index contributed by atoms with van der Waals surface area (Å²) in [6.07, 6.45) is 1.15. The Bertz CT molecular complexity index is 812. The molecular formula is C17H17FN4O3. The molecular weight excluding hydrogens is 327 g/mol. The van der Waals surface area contributed by atoms with Crippen molar-refractivity contribution in [2.24, 2.45) is 0 Å². The number of hydrogen-bond donors (Lipinski definition) is 2. The van der Waals surface area contributed by atoms with Crippen LogP contribution in [0.15, 0.2) is 36.5 Å². The third-order valence-electron chi connectivity index (χ3n) is 3.80. The molecule has 0 bridgehead atoms. The molecule has 0 spiro atoms. The van der Waals surface area contributed by atoms with Crippen molar-refractivity contribution in [1.29, 1.82) is 0 Å². The summed E-state index contributed by atoms with van der Waals surface area (Å²) in [5.74, 6) is -0.597. The number of carbonyl (C=O) groups excluding carboxylic acids is 2. The Morgan fingerprint density at radius 2 is 2.24 bits per heavy atom. The van der Waals surface area contributed by atoms with Crippen LogP contribution < -0.4 is 15.5 Å². The van der Waals surface area contributed by atoms with Crippen molar-refractivity contribution in [3.8, 4) is 0 Å². The van der Waals surface area contributed by atoms with Gasteiger partial charge >= 0.3 is 12.1 Å². The molecule has 8 heteroatoms. The van der Waals surface area contributed by atoms with E-state index < -0.39 is 17.9 Å². The van der Waals surface area contributed by atoms with Crippen LogP contribution in [0.3, 0.4) is 0 Å². The number of hydrogen-bond acceptors (Lipinski definition) is 4. The van der Waals surface area contributed by atoms with Crippen molar-refractivity contribution in [2.75, 3.05) is 23.4 Å². The van der Waals surface area contributed by atoms with Crippen LogP contribution in [0.4, 0.5) is 25.4 Å². The first-order valence-electron chi connectivity index (χ1n) is 7.74. The molecule has 2 aromatic rings. The molecule has 1 aliphatic rings. The van der Waals surface area contributed by atoms with Gasteiger partial charge in [0.1, 0.15) is 12.4 Å². The van der Waals surface area contributed by atoms with Gasteiger partial charge in [-0.1, -0.05) is 6.07 Å². The highest BCUT2D eigenvalue weighted by molar-refractivity contribution is 5.93. The molecule has 1 aromatic heterocycles. The van der Waals surface area contributed by atoms with Crippen LogP contribution >= 0.6 is 0 Å². The lowest BCUT2D eigenvalue weighted by molar-refractivity contribution is 0.181. The number of amides is 3. The Hall–Kier alpha value is -3.16. The summed E-state index contributed by atoms with van der Waals surface area (Å²) in [5.41, 5.74) is 2.11. The van der Waals surface area contributed by atoms with Gasteiger partial charge in [0.05, 0.1) is 24.5 Å². The van der Waals surface area contributed by atoms with Crippen LogP contribution in [-0.2, 0) is 11.3 Å². The second kappa shape index (κ2) is 7.16. The quantitative estimate of drug-likeness (QED) is 0.893. The van der Waals surface area contributed by atoms with E-state index in [1.807, 2.05) is 19.1 Å². The first kappa shape index (κ1) is 16.7. The first-order chi connectivity index (χ1) is 12.0. The van der Waals surface area contributed by atoms with Crippen molar-refractivity contribution < 1.29 is 18.7 Å². The van der Waals surface area contributed by atoms with E-state index in [-0.39, 0.29) is 18.8 Å². The van der Waals surface area contributed by atoms with E-state index in [1.165, 1.54) is 23.1 Å². The maximum absolute atomic E-state index is 14.0. The average molecular weight is 344 g/mol. The van der Waals surface area contributed by atoms with Crippen LogP contribution in [0.5, 0.6) is 0 Å². The number of halogens is 1. The summed E-state index contributed by atoms with van der Waals surface area (Å²) in [5, 5.41) is 5.08. The SMILES string of the molecule is Cc1cccnc1CNC(=O)Nc1cc(N2CCOC2=O)ccc1F. The molecule has 0 aliphatic carbocycles. The van der Waals surface area contributed by atoms with Crippen LogP contribution in [0.25, 0.3) is 0 Å². The number of anilines is 2. The Morgan fingerprint density at radius 1 is 1.40 bits per heavy atom.